The maximum atomic E-state index is 11.5. The number of anilines is 1. The first kappa shape index (κ1) is 11.8. The van der Waals surface area contributed by atoms with Crippen molar-refractivity contribution in [1.82, 2.24) is 10.0 Å². The molecule has 0 aromatic carbocycles. The molecule has 6 nitrogen and oxygen atoms in total. The van der Waals surface area contributed by atoms with Gasteiger partial charge < -0.3 is 11.1 Å². The molecule has 4 N–H and O–H groups in total. The Morgan fingerprint density at radius 3 is 2.73 bits per heavy atom. The van der Waals surface area contributed by atoms with Gasteiger partial charge in [-0.15, -0.1) is 11.3 Å². The molecular weight excluding hydrogens is 238 g/mol. The predicted molar refractivity (Wildman–Crippen MR) is 58.1 cm³/mol. The monoisotopic (exact) mass is 249 g/mol. The van der Waals surface area contributed by atoms with Gasteiger partial charge in [0, 0.05) is 17.6 Å². The highest BCUT2D eigenvalue weighted by Gasteiger charge is 2.18. The first-order valence-electron chi connectivity index (χ1n) is 4.10. The van der Waals surface area contributed by atoms with Crippen LogP contribution in [0.4, 0.5) is 10.5 Å². The molecule has 8 heteroatoms. The van der Waals surface area contributed by atoms with Crippen LogP contribution in [-0.4, -0.2) is 21.0 Å². The molecule has 2 amide bonds. The summed E-state index contributed by atoms with van der Waals surface area (Å²) in [7, 11) is -3.78. The largest absolute Gasteiger partial charge is 0.398 e. The van der Waals surface area contributed by atoms with Crippen molar-refractivity contribution in [2.45, 2.75) is 11.1 Å². The summed E-state index contributed by atoms with van der Waals surface area (Å²) in [5.41, 5.74) is 5.74. The van der Waals surface area contributed by atoms with Crippen molar-refractivity contribution in [1.29, 1.82) is 0 Å². The number of carbonyl (C=O) groups is 1. The number of nitrogen functional groups attached to an aromatic ring is 1. The van der Waals surface area contributed by atoms with Gasteiger partial charge in [0.05, 0.1) is 0 Å². The van der Waals surface area contributed by atoms with Gasteiger partial charge in [-0.1, -0.05) is 0 Å². The highest BCUT2D eigenvalue weighted by Crippen LogP contribution is 2.20. The minimum atomic E-state index is -3.78. The standard InChI is InChI=1S/C7H11N3O3S2/c1-2-9-7(11)10-15(12,13)6-3-5(8)4-14-6/h3-4H,2,8H2,1H3,(H2,9,10,11). The van der Waals surface area contributed by atoms with Crippen LogP contribution in [0.1, 0.15) is 6.92 Å². The van der Waals surface area contributed by atoms with Crippen LogP contribution in [0.3, 0.4) is 0 Å². The molecule has 15 heavy (non-hydrogen) atoms. The van der Waals surface area contributed by atoms with Crippen molar-refractivity contribution < 1.29 is 13.2 Å². The van der Waals surface area contributed by atoms with Crippen LogP contribution in [0.2, 0.25) is 0 Å². The second kappa shape index (κ2) is 4.49. The number of thiophene rings is 1. The normalized spacial score (nSPS) is 11.0. The Hall–Kier alpha value is -1.28. The summed E-state index contributed by atoms with van der Waals surface area (Å²) in [6, 6.07) is 0.552. The molecule has 0 aliphatic heterocycles. The number of nitrogens with two attached hydrogens (primary N) is 1. The zero-order valence-electron chi connectivity index (χ0n) is 7.98. The van der Waals surface area contributed by atoms with Gasteiger partial charge in [-0.25, -0.2) is 17.9 Å². The molecule has 0 radical (unpaired) electrons. The van der Waals surface area contributed by atoms with E-state index in [1.54, 1.807) is 6.92 Å². The van der Waals surface area contributed by atoms with Crippen LogP contribution >= 0.6 is 11.3 Å². The molecular formula is C7H11N3O3S2. The highest BCUT2D eigenvalue weighted by atomic mass is 32.2. The molecule has 1 heterocycles. The van der Waals surface area contributed by atoms with Crippen molar-refractivity contribution in [3.05, 3.63) is 11.4 Å². The second-order valence-corrected chi connectivity index (χ2v) is 5.48. The van der Waals surface area contributed by atoms with Crippen molar-refractivity contribution in [2.24, 2.45) is 0 Å². The molecule has 0 aliphatic carbocycles. The summed E-state index contributed by atoms with van der Waals surface area (Å²) >= 11 is 0.961. The number of hydrogen-bond acceptors (Lipinski definition) is 5. The molecule has 0 unspecified atom stereocenters. The Bertz CT molecular complexity index is 452. The Balaban J connectivity index is 2.81. The van der Waals surface area contributed by atoms with E-state index in [9.17, 15) is 13.2 Å². The average molecular weight is 249 g/mol. The van der Waals surface area contributed by atoms with Crippen molar-refractivity contribution in [2.75, 3.05) is 12.3 Å². The van der Waals surface area contributed by atoms with E-state index in [-0.39, 0.29) is 4.21 Å². The van der Waals surface area contributed by atoms with Crippen molar-refractivity contribution in [3.63, 3.8) is 0 Å². The Labute approximate surface area is 91.5 Å². The summed E-state index contributed by atoms with van der Waals surface area (Å²) < 4.78 is 24.9. The fourth-order valence-electron chi connectivity index (χ4n) is 0.840. The van der Waals surface area contributed by atoms with Gasteiger partial charge in [-0.3, -0.25) is 0 Å². The van der Waals surface area contributed by atoms with Gasteiger partial charge in [0.15, 0.2) is 0 Å². The summed E-state index contributed by atoms with van der Waals surface area (Å²) in [4.78, 5) is 11.0. The number of urea groups is 1. The number of sulfonamides is 1. The van der Waals surface area contributed by atoms with Crippen molar-refractivity contribution >= 4 is 33.1 Å². The van der Waals surface area contributed by atoms with Crippen LogP contribution in [0.5, 0.6) is 0 Å². The fraction of sp³-hybridized carbons (Fsp3) is 0.286. The number of hydrogen-bond donors (Lipinski definition) is 3. The molecule has 0 atom stereocenters. The zero-order chi connectivity index (χ0) is 11.5. The lowest BCUT2D eigenvalue weighted by Gasteiger charge is -2.04. The van der Waals surface area contributed by atoms with Gasteiger partial charge in [-0.05, 0) is 13.0 Å². The third-order valence-corrected chi connectivity index (χ3v) is 4.21. The SMILES string of the molecule is CCNC(=O)NS(=O)(=O)c1cc(N)cs1. The lowest BCUT2D eigenvalue weighted by Crippen LogP contribution is -2.38. The van der Waals surface area contributed by atoms with Gasteiger partial charge in [0.2, 0.25) is 0 Å². The van der Waals surface area contributed by atoms with E-state index in [0.29, 0.717) is 12.2 Å². The molecule has 1 aromatic rings. The number of rotatable bonds is 3. The average Bonchev–Trinajstić information content (AvgIpc) is 2.51. The highest BCUT2D eigenvalue weighted by molar-refractivity contribution is 7.92. The van der Waals surface area contributed by atoms with E-state index >= 15 is 0 Å². The van der Waals surface area contributed by atoms with E-state index in [4.69, 9.17) is 5.73 Å². The minimum absolute atomic E-state index is 0.0197. The first-order valence-corrected chi connectivity index (χ1v) is 6.46. The number of carbonyl (C=O) groups excluding carboxylic acids is 1. The molecule has 0 spiro atoms. The predicted octanol–water partition coefficient (Wildman–Crippen LogP) is 0.338. The molecule has 84 valence electrons. The van der Waals surface area contributed by atoms with Crippen LogP contribution in [0.15, 0.2) is 15.7 Å². The number of nitrogens with one attached hydrogen (secondary N) is 2. The minimum Gasteiger partial charge on any atom is -0.398 e. The van der Waals surface area contributed by atoms with Crippen LogP contribution < -0.4 is 15.8 Å². The molecule has 1 rings (SSSR count). The summed E-state index contributed by atoms with van der Waals surface area (Å²) in [5.74, 6) is 0. The first-order chi connectivity index (χ1) is 6.95. The maximum Gasteiger partial charge on any atom is 0.328 e. The van der Waals surface area contributed by atoms with Crippen molar-refractivity contribution in [3.8, 4) is 0 Å². The van der Waals surface area contributed by atoms with Gasteiger partial charge in [0.1, 0.15) is 4.21 Å². The second-order valence-electron chi connectivity index (χ2n) is 2.66. The molecule has 1 aromatic heterocycles. The quantitative estimate of drug-likeness (QED) is 0.718. The molecule has 0 fully saturated rings. The Morgan fingerprint density at radius 1 is 1.60 bits per heavy atom. The molecule has 0 saturated heterocycles. The van der Waals surface area contributed by atoms with E-state index in [1.807, 2.05) is 4.72 Å². The van der Waals surface area contributed by atoms with Gasteiger partial charge in [0.25, 0.3) is 10.0 Å². The fourth-order valence-corrected chi connectivity index (χ4v) is 2.85. The summed E-state index contributed by atoms with van der Waals surface area (Å²) in [5, 5.41) is 3.81. The van der Waals surface area contributed by atoms with Crippen LogP contribution in [-0.2, 0) is 10.0 Å². The van der Waals surface area contributed by atoms with E-state index in [2.05, 4.69) is 5.32 Å². The smallest absolute Gasteiger partial charge is 0.328 e. The molecule has 0 bridgehead atoms. The van der Waals surface area contributed by atoms with E-state index < -0.39 is 16.1 Å². The number of amides is 2. The Morgan fingerprint density at radius 2 is 2.27 bits per heavy atom. The van der Waals surface area contributed by atoms with E-state index in [0.717, 1.165) is 11.3 Å². The molecule has 0 saturated carbocycles. The summed E-state index contributed by atoms with van der Waals surface area (Å²) in [6.45, 7) is 2.04. The third kappa shape index (κ3) is 3.10. The lowest BCUT2D eigenvalue weighted by molar-refractivity contribution is 0.246. The van der Waals surface area contributed by atoms with Crippen LogP contribution in [0, 0.1) is 0 Å². The van der Waals surface area contributed by atoms with Crippen LogP contribution in [0.25, 0.3) is 0 Å². The maximum absolute atomic E-state index is 11.5. The Kier molecular flexibility index (Phi) is 3.53. The van der Waals surface area contributed by atoms with Gasteiger partial charge >= 0.3 is 6.03 Å². The lowest BCUT2D eigenvalue weighted by atomic mass is 10.6. The molecule has 0 aliphatic rings. The van der Waals surface area contributed by atoms with Gasteiger partial charge in [-0.2, -0.15) is 0 Å². The van der Waals surface area contributed by atoms with E-state index in [1.165, 1.54) is 11.4 Å². The topological polar surface area (TPSA) is 101 Å². The third-order valence-electron chi connectivity index (χ3n) is 1.42. The zero-order valence-corrected chi connectivity index (χ0v) is 9.61. The summed E-state index contributed by atoms with van der Waals surface area (Å²) in [6.07, 6.45) is 0.